The molecule has 0 aliphatic carbocycles. The molecular formula is C21H27N3O5S. The van der Waals surface area contributed by atoms with Crippen LogP contribution in [0, 0.1) is 0 Å². The maximum absolute atomic E-state index is 12.9. The summed E-state index contributed by atoms with van der Waals surface area (Å²) in [7, 11) is -1.71. The third-order valence-corrected chi connectivity index (χ3v) is 7.19. The predicted octanol–water partition coefficient (Wildman–Crippen LogP) is 1.63. The highest BCUT2D eigenvalue weighted by Gasteiger charge is 2.35. The van der Waals surface area contributed by atoms with Gasteiger partial charge in [0.15, 0.2) is 5.76 Å². The zero-order valence-electron chi connectivity index (χ0n) is 17.2. The van der Waals surface area contributed by atoms with Crippen LogP contribution in [0.3, 0.4) is 0 Å². The fraction of sp³-hybridized carbons (Fsp3) is 0.429. The summed E-state index contributed by atoms with van der Waals surface area (Å²) >= 11 is 0. The van der Waals surface area contributed by atoms with Crippen molar-refractivity contribution in [3.8, 4) is 0 Å². The van der Waals surface area contributed by atoms with Gasteiger partial charge in [-0.05, 0) is 36.6 Å². The molecule has 30 heavy (non-hydrogen) atoms. The first-order valence-electron chi connectivity index (χ1n) is 9.96. The Kier molecular flexibility index (Phi) is 6.94. The molecule has 1 aromatic heterocycles. The van der Waals surface area contributed by atoms with Crippen LogP contribution in [0.1, 0.15) is 35.0 Å². The summed E-state index contributed by atoms with van der Waals surface area (Å²) in [6, 6.07) is 10.3. The Hall–Kier alpha value is -2.65. The number of nitrogens with zero attached hydrogens (tertiary/aromatic N) is 2. The molecule has 0 unspecified atom stereocenters. The lowest BCUT2D eigenvalue weighted by Crippen LogP contribution is -2.52. The van der Waals surface area contributed by atoms with Crippen LogP contribution in [0.15, 0.2) is 47.1 Å². The monoisotopic (exact) mass is 433 g/mol. The molecular weight excluding hydrogens is 406 g/mol. The second-order valence-corrected chi connectivity index (χ2v) is 9.63. The second-order valence-electron chi connectivity index (χ2n) is 7.27. The van der Waals surface area contributed by atoms with Gasteiger partial charge in [-0.1, -0.05) is 24.3 Å². The lowest BCUT2D eigenvalue weighted by atomic mass is 9.93. The van der Waals surface area contributed by atoms with Crippen molar-refractivity contribution in [2.45, 2.75) is 32.4 Å². The zero-order valence-corrected chi connectivity index (χ0v) is 18.0. The van der Waals surface area contributed by atoms with Crippen molar-refractivity contribution in [2.75, 3.05) is 25.9 Å². The number of benzene rings is 1. The number of hydrogen-bond acceptors (Lipinski definition) is 5. The molecule has 1 atom stereocenters. The van der Waals surface area contributed by atoms with Crippen LogP contribution in [0.2, 0.25) is 0 Å². The number of nitrogens with one attached hydrogen (secondary N) is 1. The van der Waals surface area contributed by atoms with Crippen LogP contribution in [-0.4, -0.2) is 61.4 Å². The normalized spacial score (nSPS) is 16.4. The van der Waals surface area contributed by atoms with Gasteiger partial charge in [-0.25, -0.2) is 12.7 Å². The van der Waals surface area contributed by atoms with E-state index >= 15 is 0 Å². The Bertz CT molecular complexity index is 988. The van der Waals surface area contributed by atoms with E-state index in [2.05, 4.69) is 5.32 Å². The smallest absolute Gasteiger partial charge is 0.290 e. The Labute approximate surface area is 176 Å². The van der Waals surface area contributed by atoms with Crippen LogP contribution < -0.4 is 5.32 Å². The number of sulfonamides is 1. The van der Waals surface area contributed by atoms with Gasteiger partial charge in [0, 0.05) is 33.1 Å². The van der Waals surface area contributed by atoms with Gasteiger partial charge in [-0.15, -0.1) is 0 Å². The van der Waals surface area contributed by atoms with E-state index < -0.39 is 16.1 Å². The molecule has 1 aliphatic rings. The molecule has 1 N–H and O–H groups in total. The lowest BCUT2D eigenvalue weighted by Gasteiger charge is -2.35. The average Bonchev–Trinajstić information content (AvgIpc) is 3.29. The summed E-state index contributed by atoms with van der Waals surface area (Å²) in [6.07, 6.45) is 2.33. The maximum atomic E-state index is 12.9. The van der Waals surface area contributed by atoms with Crippen molar-refractivity contribution in [1.82, 2.24) is 14.5 Å². The number of carbonyl (C=O) groups is 2. The number of hydrogen-bond donors (Lipinski definition) is 1. The number of rotatable bonds is 8. The highest BCUT2D eigenvalue weighted by atomic mass is 32.2. The molecule has 1 aliphatic heterocycles. The van der Waals surface area contributed by atoms with Crippen molar-refractivity contribution >= 4 is 21.8 Å². The Morgan fingerprint density at radius 2 is 1.93 bits per heavy atom. The minimum absolute atomic E-state index is 0.0429. The number of furan rings is 1. The van der Waals surface area contributed by atoms with E-state index in [1.807, 2.05) is 24.3 Å². The third kappa shape index (κ3) is 4.91. The van der Waals surface area contributed by atoms with Crippen molar-refractivity contribution in [1.29, 1.82) is 0 Å². The topological polar surface area (TPSA) is 99.9 Å². The Morgan fingerprint density at radius 1 is 1.20 bits per heavy atom. The fourth-order valence-corrected chi connectivity index (χ4v) is 4.35. The maximum Gasteiger partial charge on any atom is 0.290 e. The standard InChI is InChI=1S/C21H27N3O5S/c1-3-30(27,28)23(2)12-7-11-22-20(25)18-14-16-8-4-5-9-17(16)15-24(18)21(26)19-10-6-13-29-19/h4-6,8-10,13,18H,3,7,11-12,14-15H2,1-2H3,(H,22,25)/t18-/m0/s1. The highest BCUT2D eigenvalue weighted by Crippen LogP contribution is 2.25. The highest BCUT2D eigenvalue weighted by molar-refractivity contribution is 7.89. The summed E-state index contributed by atoms with van der Waals surface area (Å²) in [5.41, 5.74) is 2.04. The summed E-state index contributed by atoms with van der Waals surface area (Å²) in [4.78, 5) is 27.4. The van der Waals surface area contributed by atoms with Crippen LogP contribution in [0.5, 0.6) is 0 Å². The van der Waals surface area contributed by atoms with E-state index in [-0.39, 0.29) is 23.3 Å². The van der Waals surface area contributed by atoms with Crippen LogP contribution in [0.25, 0.3) is 0 Å². The third-order valence-electron chi connectivity index (χ3n) is 5.33. The molecule has 2 heterocycles. The molecule has 2 amide bonds. The van der Waals surface area contributed by atoms with Gasteiger partial charge < -0.3 is 14.6 Å². The fourth-order valence-electron chi connectivity index (χ4n) is 3.50. The van der Waals surface area contributed by atoms with Crippen LogP contribution >= 0.6 is 0 Å². The van der Waals surface area contributed by atoms with Crippen molar-refractivity contribution < 1.29 is 22.4 Å². The van der Waals surface area contributed by atoms with E-state index in [0.717, 1.165) is 11.1 Å². The molecule has 9 heteroatoms. The molecule has 162 valence electrons. The number of carbonyl (C=O) groups excluding carboxylic acids is 2. The van der Waals surface area contributed by atoms with Gasteiger partial charge in [0.05, 0.1) is 12.0 Å². The van der Waals surface area contributed by atoms with Gasteiger partial charge in [0.25, 0.3) is 5.91 Å². The van der Waals surface area contributed by atoms with E-state index in [4.69, 9.17) is 4.42 Å². The SMILES string of the molecule is CCS(=O)(=O)N(C)CCCNC(=O)[C@@H]1Cc2ccccc2CN1C(=O)c1ccco1. The van der Waals surface area contributed by atoms with Gasteiger partial charge in [-0.2, -0.15) is 0 Å². The van der Waals surface area contributed by atoms with Gasteiger partial charge >= 0.3 is 0 Å². The van der Waals surface area contributed by atoms with E-state index in [1.54, 1.807) is 19.1 Å². The number of amides is 2. The lowest BCUT2D eigenvalue weighted by molar-refractivity contribution is -0.126. The molecule has 3 rings (SSSR count). The zero-order chi connectivity index (χ0) is 21.7. The molecule has 0 bridgehead atoms. The Morgan fingerprint density at radius 3 is 2.60 bits per heavy atom. The van der Waals surface area contributed by atoms with E-state index in [0.29, 0.717) is 32.5 Å². The first kappa shape index (κ1) is 22.0. The first-order valence-corrected chi connectivity index (χ1v) is 11.6. The minimum atomic E-state index is -3.24. The predicted molar refractivity (Wildman–Crippen MR) is 112 cm³/mol. The molecule has 0 fully saturated rings. The Balaban J connectivity index is 1.66. The molecule has 0 radical (unpaired) electrons. The molecule has 8 nitrogen and oxygen atoms in total. The van der Waals surface area contributed by atoms with E-state index in [1.165, 1.54) is 22.5 Å². The van der Waals surface area contributed by atoms with Crippen LogP contribution in [-0.2, 0) is 27.8 Å². The molecule has 2 aromatic rings. The molecule has 0 saturated heterocycles. The summed E-state index contributed by atoms with van der Waals surface area (Å²) in [6.45, 7) is 2.56. The largest absolute Gasteiger partial charge is 0.459 e. The quantitative estimate of drug-likeness (QED) is 0.638. The van der Waals surface area contributed by atoms with Crippen molar-refractivity contribution in [3.05, 3.63) is 59.5 Å². The minimum Gasteiger partial charge on any atom is -0.459 e. The van der Waals surface area contributed by atoms with Gasteiger partial charge in [0.1, 0.15) is 6.04 Å². The second kappa shape index (κ2) is 9.44. The number of fused-ring (bicyclic) bond motifs is 1. The van der Waals surface area contributed by atoms with Gasteiger partial charge in [0.2, 0.25) is 15.9 Å². The van der Waals surface area contributed by atoms with Crippen molar-refractivity contribution in [3.63, 3.8) is 0 Å². The van der Waals surface area contributed by atoms with E-state index in [9.17, 15) is 18.0 Å². The molecule has 1 aromatic carbocycles. The summed E-state index contributed by atoms with van der Waals surface area (Å²) in [5, 5.41) is 2.85. The average molecular weight is 434 g/mol. The summed E-state index contributed by atoms with van der Waals surface area (Å²) < 4.78 is 30.2. The summed E-state index contributed by atoms with van der Waals surface area (Å²) in [5.74, 6) is -0.353. The molecule has 0 spiro atoms. The van der Waals surface area contributed by atoms with Crippen LogP contribution in [0.4, 0.5) is 0 Å². The van der Waals surface area contributed by atoms with Gasteiger partial charge in [-0.3, -0.25) is 9.59 Å². The first-order chi connectivity index (χ1) is 14.3. The van der Waals surface area contributed by atoms with Crippen molar-refractivity contribution in [2.24, 2.45) is 0 Å². The molecule has 0 saturated carbocycles.